The van der Waals surface area contributed by atoms with Gasteiger partial charge in [-0.2, -0.15) is 0 Å². The summed E-state index contributed by atoms with van der Waals surface area (Å²) in [4.78, 5) is 5.13. The molecule has 0 spiro atoms. The van der Waals surface area contributed by atoms with Crippen molar-refractivity contribution in [1.29, 1.82) is 0 Å². The fourth-order valence-electron chi connectivity index (χ4n) is 1.11. The standard InChI is InChI=1S/C11H12ClNO/c12-11(10-4-2-1-3-5-10)13-14-8-9-6-7-9/h1-5,9H,6-8H2/b13-11-. The molecule has 0 amide bonds. The highest BCUT2D eigenvalue weighted by molar-refractivity contribution is 6.69. The number of nitrogens with zero attached hydrogens (tertiary/aromatic N) is 1. The van der Waals surface area contributed by atoms with E-state index in [-0.39, 0.29) is 0 Å². The van der Waals surface area contributed by atoms with Gasteiger partial charge in [-0.25, -0.2) is 0 Å². The molecule has 0 N–H and O–H groups in total. The van der Waals surface area contributed by atoms with Crippen molar-refractivity contribution in [3.63, 3.8) is 0 Å². The number of halogens is 1. The van der Waals surface area contributed by atoms with Crippen LogP contribution in [0.5, 0.6) is 0 Å². The molecule has 0 bridgehead atoms. The molecule has 1 aliphatic rings. The first-order valence-electron chi connectivity index (χ1n) is 4.77. The first-order valence-corrected chi connectivity index (χ1v) is 5.15. The number of oxime groups is 1. The maximum Gasteiger partial charge on any atom is 0.175 e. The number of rotatable bonds is 4. The predicted octanol–water partition coefficient (Wildman–Crippen LogP) is 3.01. The van der Waals surface area contributed by atoms with E-state index in [1.807, 2.05) is 30.3 Å². The Bertz CT molecular complexity index is 319. The van der Waals surface area contributed by atoms with Crippen LogP contribution in [0.2, 0.25) is 0 Å². The Hall–Kier alpha value is -1.02. The monoisotopic (exact) mass is 209 g/mol. The molecular formula is C11H12ClNO. The topological polar surface area (TPSA) is 21.6 Å². The molecule has 0 aliphatic heterocycles. The average molecular weight is 210 g/mol. The predicted molar refractivity (Wildman–Crippen MR) is 57.5 cm³/mol. The lowest BCUT2D eigenvalue weighted by molar-refractivity contribution is 0.135. The molecule has 0 radical (unpaired) electrons. The summed E-state index contributed by atoms with van der Waals surface area (Å²) in [6.45, 7) is 0.697. The van der Waals surface area contributed by atoms with Gasteiger partial charge in [0.1, 0.15) is 6.61 Å². The molecular weight excluding hydrogens is 198 g/mol. The summed E-state index contributed by atoms with van der Waals surface area (Å²) in [5.74, 6) is 0.707. The Balaban J connectivity index is 1.89. The van der Waals surface area contributed by atoms with Gasteiger partial charge in [-0.05, 0) is 18.8 Å². The van der Waals surface area contributed by atoms with Gasteiger partial charge in [0.15, 0.2) is 5.17 Å². The minimum atomic E-state index is 0.422. The Labute approximate surface area is 88.5 Å². The summed E-state index contributed by atoms with van der Waals surface area (Å²) in [7, 11) is 0. The molecule has 3 heteroatoms. The molecule has 2 nitrogen and oxygen atoms in total. The van der Waals surface area contributed by atoms with Crippen molar-refractivity contribution in [2.24, 2.45) is 11.1 Å². The van der Waals surface area contributed by atoms with Gasteiger partial charge in [0.05, 0.1) is 0 Å². The Morgan fingerprint density at radius 3 is 2.71 bits per heavy atom. The fraction of sp³-hybridized carbons (Fsp3) is 0.364. The van der Waals surface area contributed by atoms with E-state index in [9.17, 15) is 0 Å². The second-order valence-electron chi connectivity index (χ2n) is 3.49. The van der Waals surface area contributed by atoms with Gasteiger partial charge in [0.25, 0.3) is 0 Å². The lowest BCUT2D eigenvalue weighted by Gasteiger charge is -1.99. The van der Waals surface area contributed by atoms with Gasteiger partial charge in [0, 0.05) is 5.56 Å². The van der Waals surface area contributed by atoms with E-state index in [0.29, 0.717) is 17.7 Å². The maximum absolute atomic E-state index is 5.94. The van der Waals surface area contributed by atoms with Crippen LogP contribution < -0.4 is 0 Å². The van der Waals surface area contributed by atoms with Crippen molar-refractivity contribution in [2.75, 3.05) is 6.61 Å². The largest absolute Gasteiger partial charge is 0.394 e. The maximum atomic E-state index is 5.94. The van der Waals surface area contributed by atoms with Gasteiger partial charge in [0.2, 0.25) is 0 Å². The Kier molecular flexibility index (Phi) is 3.04. The third-order valence-corrected chi connectivity index (χ3v) is 2.45. The summed E-state index contributed by atoms with van der Waals surface area (Å²) >= 11 is 5.94. The van der Waals surface area contributed by atoms with E-state index in [2.05, 4.69) is 5.16 Å². The van der Waals surface area contributed by atoms with Crippen LogP contribution in [0.3, 0.4) is 0 Å². The molecule has 0 atom stereocenters. The molecule has 0 aromatic heterocycles. The third-order valence-electron chi connectivity index (χ3n) is 2.16. The fourth-order valence-corrected chi connectivity index (χ4v) is 1.29. The van der Waals surface area contributed by atoms with E-state index in [4.69, 9.17) is 16.4 Å². The summed E-state index contributed by atoms with van der Waals surface area (Å²) in [5, 5.41) is 4.28. The van der Waals surface area contributed by atoms with E-state index >= 15 is 0 Å². The highest BCUT2D eigenvalue weighted by atomic mass is 35.5. The van der Waals surface area contributed by atoms with Gasteiger partial charge in [-0.1, -0.05) is 47.1 Å². The Morgan fingerprint density at radius 1 is 1.36 bits per heavy atom. The minimum Gasteiger partial charge on any atom is -0.394 e. The molecule has 1 aromatic carbocycles. The van der Waals surface area contributed by atoms with Gasteiger partial charge in [-0.3, -0.25) is 0 Å². The second-order valence-corrected chi connectivity index (χ2v) is 3.85. The van der Waals surface area contributed by atoms with E-state index in [0.717, 1.165) is 5.56 Å². The van der Waals surface area contributed by atoms with Gasteiger partial charge in [-0.15, -0.1) is 0 Å². The molecule has 0 saturated heterocycles. The molecule has 1 aliphatic carbocycles. The molecule has 2 rings (SSSR count). The van der Waals surface area contributed by atoms with Crippen molar-refractivity contribution < 1.29 is 4.84 Å². The first-order chi connectivity index (χ1) is 6.86. The molecule has 0 heterocycles. The quantitative estimate of drug-likeness (QED) is 0.552. The minimum absolute atomic E-state index is 0.422. The van der Waals surface area contributed by atoms with E-state index in [1.165, 1.54) is 12.8 Å². The normalized spacial score (nSPS) is 16.8. The SMILES string of the molecule is Cl/C(=N\OCC1CC1)c1ccccc1. The van der Waals surface area contributed by atoms with Crippen LogP contribution in [-0.2, 0) is 4.84 Å². The average Bonchev–Trinajstić information content (AvgIpc) is 3.03. The van der Waals surface area contributed by atoms with E-state index < -0.39 is 0 Å². The number of benzene rings is 1. The summed E-state index contributed by atoms with van der Waals surface area (Å²) in [6.07, 6.45) is 2.52. The molecule has 1 aromatic rings. The number of hydrogen-bond acceptors (Lipinski definition) is 2. The highest BCUT2D eigenvalue weighted by Crippen LogP contribution is 2.28. The zero-order valence-corrected chi connectivity index (χ0v) is 8.57. The van der Waals surface area contributed by atoms with Crippen molar-refractivity contribution >= 4 is 16.8 Å². The molecule has 14 heavy (non-hydrogen) atoms. The zero-order chi connectivity index (χ0) is 9.80. The van der Waals surface area contributed by atoms with Gasteiger partial charge >= 0.3 is 0 Å². The summed E-state index contributed by atoms with van der Waals surface area (Å²) < 4.78 is 0. The zero-order valence-electron chi connectivity index (χ0n) is 7.82. The summed E-state index contributed by atoms with van der Waals surface area (Å²) in [5.41, 5.74) is 0.893. The summed E-state index contributed by atoms with van der Waals surface area (Å²) in [6, 6.07) is 9.61. The van der Waals surface area contributed by atoms with Crippen molar-refractivity contribution in [3.05, 3.63) is 35.9 Å². The van der Waals surface area contributed by atoms with Crippen molar-refractivity contribution in [2.45, 2.75) is 12.8 Å². The lowest BCUT2D eigenvalue weighted by Crippen LogP contribution is -1.95. The van der Waals surface area contributed by atoms with Crippen LogP contribution in [0.15, 0.2) is 35.5 Å². The van der Waals surface area contributed by atoms with Crippen LogP contribution in [0.1, 0.15) is 18.4 Å². The van der Waals surface area contributed by atoms with Crippen LogP contribution in [-0.4, -0.2) is 11.8 Å². The van der Waals surface area contributed by atoms with E-state index in [1.54, 1.807) is 0 Å². The third kappa shape index (κ3) is 2.74. The lowest BCUT2D eigenvalue weighted by atomic mass is 10.2. The molecule has 1 saturated carbocycles. The van der Waals surface area contributed by atoms with Crippen LogP contribution in [0.4, 0.5) is 0 Å². The second kappa shape index (κ2) is 4.47. The molecule has 74 valence electrons. The molecule has 0 unspecified atom stereocenters. The first kappa shape index (κ1) is 9.53. The van der Waals surface area contributed by atoms with Crippen LogP contribution >= 0.6 is 11.6 Å². The van der Waals surface area contributed by atoms with Crippen molar-refractivity contribution in [1.82, 2.24) is 0 Å². The Morgan fingerprint density at radius 2 is 2.07 bits per heavy atom. The smallest absolute Gasteiger partial charge is 0.175 e. The van der Waals surface area contributed by atoms with Crippen LogP contribution in [0, 0.1) is 5.92 Å². The number of hydrogen-bond donors (Lipinski definition) is 0. The highest BCUT2D eigenvalue weighted by Gasteiger charge is 2.21. The van der Waals surface area contributed by atoms with Gasteiger partial charge < -0.3 is 4.84 Å². The van der Waals surface area contributed by atoms with Crippen LogP contribution in [0.25, 0.3) is 0 Å². The van der Waals surface area contributed by atoms with Crippen molar-refractivity contribution in [3.8, 4) is 0 Å². The molecule has 1 fully saturated rings.